The molecule has 0 saturated carbocycles. The molecule has 0 atom stereocenters. The second-order valence-corrected chi connectivity index (χ2v) is 8.12. The molecule has 3 aromatic carbocycles. The number of amides is 2. The van der Waals surface area contributed by atoms with Gasteiger partial charge in [-0.15, -0.1) is 0 Å². The van der Waals surface area contributed by atoms with Crippen LogP contribution in [0, 0.1) is 10.1 Å². The van der Waals surface area contributed by atoms with E-state index in [2.05, 4.69) is 10.2 Å². The Morgan fingerprint density at radius 2 is 1.61 bits per heavy atom. The van der Waals surface area contributed by atoms with Crippen molar-refractivity contribution >= 4 is 28.9 Å². The van der Waals surface area contributed by atoms with E-state index in [1.165, 1.54) is 18.2 Å². The molecule has 1 N–H and O–H groups in total. The SMILES string of the molecule is COc1ccc(C(=O)N2CCN(c3ccc(NC(=O)COc4ccccc4[N+](=O)[O-])cc3)CC2)cc1. The number of para-hydroxylation sites is 2. The van der Waals surface area contributed by atoms with Crippen LogP contribution in [0.1, 0.15) is 10.4 Å². The largest absolute Gasteiger partial charge is 0.497 e. The molecular weight excluding hydrogens is 464 g/mol. The number of carbonyl (C=O) groups is 2. The summed E-state index contributed by atoms with van der Waals surface area (Å²) in [4.78, 5) is 39.5. The third kappa shape index (κ3) is 5.90. The third-order valence-electron chi connectivity index (χ3n) is 5.84. The maximum absolute atomic E-state index is 12.8. The topological polar surface area (TPSA) is 114 Å². The fraction of sp³-hybridized carbons (Fsp3) is 0.231. The second-order valence-electron chi connectivity index (χ2n) is 8.12. The van der Waals surface area contributed by atoms with E-state index < -0.39 is 10.8 Å². The zero-order chi connectivity index (χ0) is 25.5. The Labute approximate surface area is 208 Å². The lowest BCUT2D eigenvalue weighted by atomic mass is 10.1. The number of rotatable bonds is 8. The molecule has 186 valence electrons. The number of hydrogen-bond acceptors (Lipinski definition) is 7. The van der Waals surface area contributed by atoms with Crippen molar-refractivity contribution in [2.75, 3.05) is 50.1 Å². The smallest absolute Gasteiger partial charge is 0.310 e. The number of anilines is 2. The van der Waals surface area contributed by atoms with Gasteiger partial charge in [0.15, 0.2) is 12.4 Å². The van der Waals surface area contributed by atoms with Crippen molar-refractivity contribution < 1.29 is 24.0 Å². The van der Waals surface area contributed by atoms with E-state index in [4.69, 9.17) is 9.47 Å². The summed E-state index contributed by atoms with van der Waals surface area (Å²) < 4.78 is 10.5. The first-order valence-corrected chi connectivity index (χ1v) is 11.4. The molecule has 2 amide bonds. The number of nitro groups is 1. The summed E-state index contributed by atoms with van der Waals surface area (Å²) in [6.07, 6.45) is 0. The molecule has 1 saturated heterocycles. The predicted octanol–water partition coefficient (Wildman–Crippen LogP) is 3.58. The highest BCUT2D eigenvalue weighted by Crippen LogP contribution is 2.26. The van der Waals surface area contributed by atoms with Crippen molar-refractivity contribution in [1.29, 1.82) is 0 Å². The summed E-state index contributed by atoms with van der Waals surface area (Å²) >= 11 is 0. The molecule has 0 aromatic heterocycles. The molecule has 1 fully saturated rings. The average molecular weight is 491 g/mol. The van der Waals surface area contributed by atoms with E-state index in [0.29, 0.717) is 43.2 Å². The van der Waals surface area contributed by atoms with Gasteiger partial charge in [0.1, 0.15) is 5.75 Å². The van der Waals surface area contributed by atoms with Gasteiger partial charge in [0, 0.05) is 49.2 Å². The van der Waals surface area contributed by atoms with Gasteiger partial charge in [-0.1, -0.05) is 12.1 Å². The average Bonchev–Trinajstić information content (AvgIpc) is 2.92. The van der Waals surface area contributed by atoms with Crippen molar-refractivity contribution in [1.82, 2.24) is 4.90 Å². The molecule has 0 aliphatic carbocycles. The second kappa shape index (κ2) is 11.2. The van der Waals surface area contributed by atoms with Crippen LogP contribution in [0.3, 0.4) is 0 Å². The molecule has 3 aromatic rings. The van der Waals surface area contributed by atoms with Crippen molar-refractivity contribution in [3.63, 3.8) is 0 Å². The summed E-state index contributed by atoms with van der Waals surface area (Å²) in [5.41, 5.74) is 2.01. The minimum Gasteiger partial charge on any atom is -0.497 e. The quantitative estimate of drug-likeness (QED) is 0.379. The Bertz CT molecular complexity index is 1220. The van der Waals surface area contributed by atoms with Crippen LogP contribution < -0.4 is 19.7 Å². The van der Waals surface area contributed by atoms with Gasteiger partial charge in [0.05, 0.1) is 12.0 Å². The molecule has 36 heavy (non-hydrogen) atoms. The zero-order valence-corrected chi connectivity index (χ0v) is 19.8. The molecule has 1 heterocycles. The number of piperazine rings is 1. The maximum atomic E-state index is 12.8. The van der Waals surface area contributed by atoms with Crippen molar-refractivity contribution in [3.8, 4) is 11.5 Å². The van der Waals surface area contributed by atoms with Gasteiger partial charge in [-0.25, -0.2) is 0 Å². The molecule has 1 aliphatic heterocycles. The standard InChI is InChI=1S/C26H26N4O6/c1-35-22-12-6-19(7-13-22)26(32)29-16-14-28(15-17-29)21-10-8-20(9-11-21)27-25(31)18-36-24-5-3-2-4-23(24)30(33)34/h2-13H,14-18H2,1H3,(H,27,31). The van der Waals surface area contributed by atoms with E-state index in [0.717, 1.165) is 5.69 Å². The van der Waals surface area contributed by atoms with Gasteiger partial charge in [-0.05, 0) is 54.6 Å². The van der Waals surface area contributed by atoms with Crippen molar-refractivity contribution in [2.24, 2.45) is 0 Å². The molecule has 0 unspecified atom stereocenters. The number of hydrogen-bond donors (Lipinski definition) is 1. The highest BCUT2D eigenvalue weighted by Gasteiger charge is 2.22. The number of methoxy groups -OCH3 is 1. The monoisotopic (exact) mass is 490 g/mol. The molecule has 0 bridgehead atoms. The Hall–Kier alpha value is -4.60. The Morgan fingerprint density at radius 3 is 2.25 bits per heavy atom. The van der Waals surface area contributed by atoms with E-state index in [-0.39, 0.29) is 24.0 Å². The lowest BCUT2D eigenvalue weighted by molar-refractivity contribution is -0.385. The van der Waals surface area contributed by atoms with E-state index >= 15 is 0 Å². The summed E-state index contributed by atoms with van der Waals surface area (Å²) in [6.45, 7) is 2.24. The number of nitrogens with one attached hydrogen (secondary N) is 1. The minimum absolute atomic E-state index is 0.00147. The third-order valence-corrected chi connectivity index (χ3v) is 5.84. The minimum atomic E-state index is -0.555. The molecule has 0 radical (unpaired) electrons. The van der Waals surface area contributed by atoms with Crippen molar-refractivity contribution in [2.45, 2.75) is 0 Å². The molecule has 10 nitrogen and oxygen atoms in total. The van der Waals surface area contributed by atoms with Crippen LogP contribution in [0.25, 0.3) is 0 Å². The number of carbonyl (C=O) groups excluding carboxylic acids is 2. The van der Waals surface area contributed by atoms with E-state index in [9.17, 15) is 19.7 Å². The fourth-order valence-corrected chi connectivity index (χ4v) is 3.91. The molecular formula is C26H26N4O6. The van der Waals surface area contributed by atoms with Gasteiger partial charge >= 0.3 is 5.69 Å². The number of benzene rings is 3. The van der Waals surface area contributed by atoms with Gasteiger partial charge in [-0.3, -0.25) is 19.7 Å². The number of nitro benzene ring substituents is 1. The van der Waals surface area contributed by atoms with Gasteiger partial charge in [-0.2, -0.15) is 0 Å². The normalized spacial score (nSPS) is 13.1. The Morgan fingerprint density at radius 1 is 0.944 bits per heavy atom. The zero-order valence-electron chi connectivity index (χ0n) is 19.8. The summed E-state index contributed by atoms with van der Waals surface area (Å²) in [5, 5.41) is 13.8. The highest BCUT2D eigenvalue weighted by molar-refractivity contribution is 5.94. The van der Waals surface area contributed by atoms with Crippen LogP contribution in [0.4, 0.5) is 17.1 Å². The van der Waals surface area contributed by atoms with Crippen LogP contribution in [-0.4, -0.2) is 61.5 Å². The summed E-state index contributed by atoms with van der Waals surface area (Å²) in [7, 11) is 1.59. The maximum Gasteiger partial charge on any atom is 0.310 e. The first kappa shape index (κ1) is 24.5. The first-order valence-electron chi connectivity index (χ1n) is 11.4. The van der Waals surface area contributed by atoms with Gasteiger partial charge < -0.3 is 24.6 Å². The number of nitrogens with zero attached hydrogens (tertiary/aromatic N) is 3. The first-order chi connectivity index (χ1) is 17.4. The molecule has 1 aliphatic rings. The molecule has 0 spiro atoms. The Kier molecular flexibility index (Phi) is 7.64. The summed E-state index contributed by atoms with van der Waals surface area (Å²) in [6, 6.07) is 20.4. The molecule has 10 heteroatoms. The lowest BCUT2D eigenvalue weighted by Gasteiger charge is -2.36. The van der Waals surface area contributed by atoms with Crippen LogP contribution in [0.5, 0.6) is 11.5 Å². The van der Waals surface area contributed by atoms with Crippen LogP contribution in [0.15, 0.2) is 72.8 Å². The lowest BCUT2D eigenvalue weighted by Crippen LogP contribution is -2.48. The van der Waals surface area contributed by atoms with Crippen LogP contribution in [-0.2, 0) is 4.79 Å². The summed E-state index contributed by atoms with van der Waals surface area (Å²) in [5.74, 6) is 0.325. The molecule has 4 rings (SSSR count). The Balaban J connectivity index is 1.26. The van der Waals surface area contributed by atoms with Gasteiger partial charge in [0.25, 0.3) is 11.8 Å². The fourth-order valence-electron chi connectivity index (χ4n) is 3.91. The van der Waals surface area contributed by atoms with Crippen LogP contribution >= 0.6 is 0 Å². The van der Waals surface area contributed by atoms with Crippen molar-refractivity contribution in [3.05, 3.63) is 88.5 Å². The van der Waals surface area contributed by atoms with E-state index in [1.807, 2.05) is 17.0 Å². The highest BCUT2D eigenvalue weighted by atomic mass is 16.6. The van der Waals surface area contributed by atoms with Crippen LogP contribution in [0.2, 0.25) is 0 Å². The van der Waals surface area contributed by atoms with Gasteiger partial charge in [0.2, 0.25) is 0 Å². The number of ether oxygens (including phenoxy) is 2. The predicted molar refractivity (Wildman–Crippen MR) is 135 cm³/mol. The van der Waals surface area contributed by atoms with E-state index in [1.54, 1.807) is 49.6 Å².